The molecule has 0 fully saturated rings. The quantitative estimate of drug-likeness (QED) is 0.743. The van der Waals surface area contributed by atoms with Crippen LogP contribution in [0.1, 0.15) is 12.6 Å². The molecule has 1 aromatic heterocycles. The zero-order valence-corrected chi connectivity index (χ0v) is 10.8. The Morgan fingerprint density at radius 3 is 2.78 bits per heavy atom. The summed E-state index contributed by atoms with van der Waals surface area (Å²) in [6, 6.07) is 1.34. The SMILES string of the molecule is CCOC(=O)Oc1c(C)n(CCOC)ccc1=O. The standard InChI is InChI=1S/C12H17NO5/c1-4-17-12(15)18-11-9(2)13(7-8-16-3)6-5-10(11)14/h5-6H,4,7-8H2,1-3H3. The molecule has 0 aliphatic rings. The van der Waals surface area contributed by atoms with E-state index in [1.54, 1.807) is 31.7 Å². The van der Waals surface area contributed by atoms with Gasteiger partial charge in [0.15, 0.2) is 0 Å². The summed E-state index contributed by atoms with van der Waals surface area (Å²) in [5.74, 6) is -0.00736. The van der Waals surface area contributed by atoms with Gasteiger partial charge in [-0.05, 0) is 13.8 Å². The average Bonchev–Trinajstić information content (AvgIpc) is 2.34. The topological polar surface area (TPSA) is 66.8 Å². The van der Waals surface area contributed by atoms with Crippen LogP contribution in [0.5, 0.6) is 5.75 Å². The van der Waals surface area contributed by atoms with Gasteiger partial charge in [-0.15, -0.1) is 0 Å². The molecule has 0 N–H and O–H groups in total. The van der Waals surface area contributed by atoms with E-state index in [4.69, 9.17) is 9.47 Å². The van der Waals surface area contributed by atoms with Crippen molar-refractivity contribution < 1.29 is 19.0 Å². The van der Waals surface area contributed by atoms with E-state index in [0.717, 1.165) is 0 Å². The third-order valence-corrected chi connectivity index (χ3v) is 2.37. The summed E-state index contributed by atoms with van der Waals surface area (Å²) in [7, 11) is 1.59. The zero-order chi connectivity index (χ0) is 13.5. The number of hydrogen-bond donors (Lipinski definition) is 0. The van der Waals surface area contributed by atoms with Crippen molar-refractivity contribution in [2.45, 2.75) is 20.4 Å². The van der Waals surface area contributed by atoms with Crippen LogP contribution >= 0.6 is 0 Å². The number of aromatic nitrogens is 1. The minimum atomic E-state index is -0.873. The predicted octanol–water partition coefficient (Wildman–Crippen LogP) is 1.34. The van der Waals surface area contributed by atoms with Crippen LogP contribution in [0.25, 0.3) is 0 Å². The molecule has 0 spiro atoms. The second kappa shape index (κ2) is 6.80. The normalized spacial score (nSPS) is 10.2. The molecule has 0 aliphatic heterocycles. The number of carbonyl (C=O) groups excluding carboxylic acids is 1. The molecule has 0 aliphatic carbocycles. The fraction of sp³-hybridized carbons (Fsp3) is 0.500. The Morgan fingerprint density at radius 2 is 2.17 bits per heavy atom. The first-order valence-electron chi connectivity index (χ1n) is 5.63. The molecule has 1 aromatic rings. The van der Waals surface area contributed by atoms with E-state index < -0.39 is 6.16 Å². The summed E-state index contributed by atoms with van der Waals surface area (Å²) in [6.07, 6.45) is 0.761. The largest absolute Gasteiger partial charge is 0.514 e. The zero-order valence-electron chi connectivity index (χ0n) is 10.8. The van der Waals surface area contributed by atoms with E-state index in [1.165, 1.54) is 6.07 Å². The van der Waals surface area contributed by atoms with Gasteiger partial charge in [0.25, 0.3) is 0 Å². The Morgan fingerprint density at radius 1 is 1.44 bits per heavy atom. The molecule has 0 saturated heterocycles. The lowest BCUT2D eigenvalue weighted by atomic mass is 10.3. The summed E-state index contributed by atoms with van der Waals surface area (Å²) in [5, 5.41) is 0. The van der Waals surface area contributed by atoms with Crippen molar-refractivity contribution in [3.8, 4) is 5.75 Å². The van der Waals surface area contributed by atoms with Crippen LogP contribution in [0.3, 0.4) is 0 Å². The minimum absolute atomic E-state index is 0.00736. The maximum absolute atomic E-state index is 11.6. The molecule has 0 saturated carbocycles. The second-order valence-corrected chi connectivity index (χ2v) is 3.57. The second-order valence-electron chi connectivity index (χ2n) is 3.57. The number of ether oxygens (including phenoxy) is 3. The molecule has 0 bridgehead atoms. The summed E-state index contributed by atoms with van der Waals surface area (Å²) >= 11 is 0. The van der Waals surface area contributed by atoms with Gasteiger partial charge in [-0.3, -0.25) is 4.79 Å². The van der Waals surface area contributed by atoms with Gasteiger partial charge in [-0.2, -0.15) is 0 Å². The summed E-state index contributed by atoms with van der Waals surface area (Å²) in [6.45, 7) is 4.63. The molecule has 1 rings (SSSR count). The number of pyridine rings is 1. The van der Waals surface area contributed by atoms with Crippen LogP contribution in [0.2, 0.25) is 0 Å². The maximum Gasteiger partial charge on any atom is 0.514 e. The summed E-state index contributed by atoms with van der Waals surface area (Å²) in [5.41, 5.74) is 0.210. The lowest BCUT2D eigenvalue weighted by Crippen LogP contribution is -2.20. The van der Waals surface area contributed by atoms with Crippen LogP contribution in [-0.4, -0.2) is 31.0 Å². The molecule has 1 heterocycles. The first-order valence-corrected chi connectivity index (χ1v) is 5.63. The number of rotatable bonds is 5. The van der Waals surface area contributed by atoms with E-state index in [0.29, 0.717) is 18.8 Å². The van der Waals surface area contributed by atoms with Crippen LogP contribution < -0.4 is 10.2 Å². The first kappa shape index (κ1) is 14.2. The fourth-order valence-corrected chi connectivity index (χ4v) is 1.44. The van der Waals surface area contributed by atoms with Crippen molar-refractivity contribution in [2.75, 3.05) is 20.3 Å². The monoisotopic (exact) mass is 255 g/mol. The summed E-state index contributed by atoms with van der Waals surface area (Å²) < 4.78 is 16.3. The van der Waals surface area contributed by atoms with E-state index in [9.17, 15) is 9.59 Å². The van der Waals surface area contributed by atoms with Crippen molar-refractivity contribution in [3.63, 3.8) is 0 Å². The molecule has 18 heavy (non-hydrogen) atoms. The number of hydrogen-bond acceptors (Lipinski definition) is 5. The highest BCUT2D eigenvalue weighted by molar-refractivity contribution is 5.64. The molecule has 6 nitrogen and oxygen atoms in total. The van der Waals surface area contributed by atoms with E-state index >= 15 is 0 Å². The van der Waals surface area contributed by atoms with E-state index in [1.807, 2.05) is 0 Å². The fourth-order valence-electron chi connectivity index (χ4n) is 1.44. The first-order chi connectivity index (χ1) is 8.60. The van der Waals surface area contributed by atoms with Crippen molar-refractivity contribution in [2.24, 2.45) is 0 Å². The Labute approximate surface area is 105 Å². The molecule has 0 aromatic carbocycles. The van der Waals surface area contributed by atoms with Gasteiger partial charge in [0.05, 0.1) is 18.9 Å². The van der Waals surface area contributed by atoms with E-state index in [-0.39, 0.29) is 17.8 Å². The lowest BCUT2D eigenvalue weighted by molar-refractivity contribution is 0.103. The van der Waals surface area contributed by atoms with Gasteiger partial charge in [0.2, 0.25) is 11.2 Å². The summed E-state index contributed by atoms with van der Waals surface area (Å²) in [4.78, 5) is 22.9. The number of nitrogens with zero attached hydrogens (tertiary/aromatic N) is 1. The number of methoxy groups -OCH3 is 1. The van der Waals surface area contributed by atoms with Gasteiger partial charge in [0.1, 0.15) is 0 Å². The Bertz CT molecular complexity index is 466. The molecule has 100 valence electrons. The van der Waals surface area contributed by atoms with Crippen molar-refractivity contribution in [3.05, 3.63) is 28.2 Å². The highest BCUT2D eigenvalue weighted by atomic mass is 16.7. The third kappa shape index (κ3) is 3.59. The predicted molar refractivity (Wildman–Crippen MR) is 65.0 cm³/mol. The lowest BCUT2D eigenvalue weighted by Gasteiger charge is -2.13. The van der Waals surface area contributed by atoms with Crippen LogP contribution in [0.15, 0.2) is 17.1 Å². The molecular weight excluding hydrogens is 238 g/mol. The highest BCUT2D eigenvalue weighted by Crippen LogP contribution is 2.12. The molecule has 0 amide bonds. The van der Waals surface area contributed by atoms with Gasteiger partial charge >= 0.3 is 6.16 Å². The molecule has 6 heteroatoms. The smallest absolute Gasteiger partial charge is 0.434 e. The third-order valence-electron chi connectivity index (χ3n) is 2.37. The minimum Gasteiger partial charge on any atom is -0.434 e. The Hall–Kier alpha value is -1.82. The van der Waals surface area contributed by atoms with Gasteiger partial charge in [-0.1, -0.05) is 0 Å². The highest BCUT2D eigenvalue weighted by Gasteiger charge is 2.13. The van der Waals surface area contributed by atoms with Gasteiger partial charge in [-0.25, -0.2) is 4.79 Å². The van der Waals surface area contributed by atoms with Gasteiger partial charge in [0, 0.05) is 25.9 Å². The number of carbonyl (C=O) groups is 1. The van der Waals surface area contributed by atoms with E-state index in [2.05, 4.69) is 4.74 Å². The maximum atomic E-state index is 11.6. The molecule has 0 radical (unpaired) electrons. The van der Waals surface area contributed by atoms with Crippen molar-refractivity contribution in [1.82, 2.24) is 4.57 Å². The van der Waals surface area contributed by atoms with Crippen LogP contribution in [-0.2, 0) is 16.0 Å². The van der Waals surface area contributed by atoms with Crippen molar-refractivity contribution >= 4 is 6.16 Å². The van der Waals surface area contributed by atoms with Crippen LogP contribution in [0.4, 0.5) is 4.79 Å². The molecule has 0 unspecified atom stereocenters. The van der Waals surface area contributed by atoms with Gasteiger partial charge < -0.3 is 18.8 Å². The van der Waals surface area contributed by atoms with Crippen molar-refractivity contribution in [1.29, 1.82) is 0 Å². The Balaban J connectivity index is 2.95. The van der Waals surface area contributed by atoms with Crippen LogP contribution in [0, 0.1) is 6.92 Å². The Kier molecular flexibility index (Phi) is 5.38. The molecule has 0 atom stereocenters. The average molecular weight is 255 g/mol. The molecular formula is C12H17NO5.